The van der Waals surface area contributed by atoms with Crippen LogP contribution in [-0.2, 0) is 14.8 Å². The Labute approximate surface area is 189 Å². The number of hydrogen-bond donors (Lipinski definition) is 1. The van der Waals surface area contributed by atoms with Gasteiger partial charge in [-0.1, -0.05) is 30.3 Å². The van der Waals surface area contributed by atoms with E-state index in [9.17, 15) is 18.0 Å². The van der Waals surface area contributed by atoms with Crippen LogP contribution < -0.4 is 9.46 Å². The van der Waals surface area contributed by atoms with Gasteiger partial charge in [0.1, 0.15) is 12.4 Å². The summed E-state index contributed by atoms with van der Waals surface area (Å²) in [5.41, 5.74) is 0.431. The van der Waals surface area contributed by atoms with E-state index in [2.05, 4.69) is 9.62 Å². The van der Waals surface area contributed by atoms with E-state index in [1.165, 1.54) is 31.2 Å². The van der Waals surface area contributed by atoms with Crippen molar-refractivity contribution < 1.29 is 22.7 Å². The summed E-state index contributed by atoms with van der Waals surface area (Å²) in [4.78, 5) is 28.1. The summed E-state index contributed by atoms with van der Waals surface area (Å²) in [5, 5.41) is 0. The highest BCUT2D eigenvalue weighted by atomic mass is 32.2. The fraction of sp³-hybridized carbons (Fsp3) is 0.391. The topological polar surface area (TPSA) is 96.0 Å². The number of para-hydroxylation sites is 1. The SMILES string of the molecule is CC(=O)c1ccc(S(=O)(=O)N[C@H](C)C(=O)N2CCN(CCOc3ccccc3)CC2)cc1. The lowest BCUT2D eigenvalue weighted by molar-refractivity contribution is -0.134. The lowest BCUT2D eigenvalue weighted by atomic mass is 10.2. The van der Waals surface area contributed by atoms with Crippen molar-refractivity contribution in [3.05, 3.63) is 60.2 Å². The van der Waals surface area contributed by atoms with E-state index in [1.54, 1.807) is 11.8 Å². The molecule has 172 valence electrons. The molecule has 1 N–H and O–H groups in total. The van der Waals surface area contributed by atoms with E-state index >= 15 is 0 Å². The molecule has 0 spiro atoms. The zero-order valence-electron chi connectivity index (χ0n) is 18.4. The standard InChI is InChI=1S/C23H29N3O5S/c1-18(24-32(29,30)22-10-8-20(9-11-22)19(2)27)23(28)26-14-12-25(13-15-26)16-17-31-21-6-4-3-5-7-21/h3-11,18,24H,12-17H2,1-2H3/t18-/m1/s1. The summed E-state index contributed by atoms with van der Waals surface area (Å²) in [7, 11) is -3.87. The summed E-state index contributed by atoms with van der Waals surface area (Å²) in [6.45, 7) is 6.76. The molecule has 0 radical (unpaired) electrons. The largest absolute Gasteiger partial charge is 0.492 e. The molecule has 9 heteroatoms. The van der Waals surface area contributed by atoms with Crippen molar-refractivity contribution in [1.82, 2.24) is 14.5 Å². The first kappa shape index (κ1) is 23.9. The van der Waals surface area contributed by atoms with E-state index < -0.39 is 16.1 Å². The monoisotopic (exact) mass is 459 g/mol. The minimum Gasteiger partial charge on any atom is -0.492 e. The smallest absolute Gasteiger partial charge is 0.241 e. The second kappa shape index (κ2) is 10.7. The van der Waals surface area contributed by atoms with Gasteiger partial charge in [-0.3, -0.25) is 14.5 Å². The van der Waals surface area contributed by atoms with Gasteiger partial charge in [0, 0.05) is 38.3 Å². The molecule has 32 heavy (non-hydrogen) atoms. The first-order chi connectivity index (χ1) is 15.3. The lowest BCUT2D eigenvalue weighted by Crippen LogP contribution is -2.54. The minimum absolute atomic E-state index is 0.0189. The van der Waals surface area contributed by atoms with Crippen LogP contribution in [0.2, 0.25) is 0 Å². The van der Waals surface area contributed by atoms with Crippen molar-refractivity contribution in [1.29, 1.82) is 0 Å². The third-order valence-corrected chi connectivity index (χ3v) is 6.93. The number of benzene rings is 2. The number of amides is 1. The maximum absolute atomic E-state index is 12.8. The number of carbonyl (C=O) groups is 2. The highest BCUT2D eigenvalue weighted by Crippen LogP contribution is 2.13. The number of sulfonamides is 1. The van der Waals surface area contributed by atoms with Crippen LogP contribution in [-0.4, -0.2) is 75.3 Å². The van der Waals surface area contributed by atoms with Crippen molar-refractivity contribution in [2.75, 3.05) is 39.3 Å². The average molecular weight is 460 g/mol. The van der Waals surface area contributed by atoms with Crippen LogP contribution in [0.25, 0.3) is 0 Å². The molecular formula is C23H29N3O5S. The van der Waals surface area contributed by atoms with Gasteiger partial charge in [0.2, 0.25) is 15.9 Å². The Morgan fingerprint density at radius 3 is 2.22 bits per heavy atom. The number of rotatable bonds is 9. The summed E-state index contributed by atoms with van der Waals surface area (Å²) < 4.78 is 33.4. The zero-order valence-corrected chi connectivity index (χ0v) is 19.2. The molecule has 1 heterocycles. The van der Waals surface area contributed by atoms with Gasteiger partial charge < -0.3 is 9.64 Å². The molecule has 3 rings (SSSR count). The molecule has 0 aliphatic carbocycles. The molecule has 8 nitrogen and oxygen atoms in total. The van der Waals surface area contributed by atoms with Crippen LogP contribution >= 0.6 is 0 Å². The number of nitrogens with zero attached hydrogens (tertiary/aromatic N) is 2. The van der Waals surface area contributed by atoms with Gasteiger partial charge >= 0.3 is 0 Å². The van der Waals surface area contributed by atoms with Crippen LogP contribution in [0, 0.1) is 0 Å². The van der Waals surface area contributed by atoms with E-state index in [1.807, 2.05) is 30.3 Å². The van der Waals surface area contributed by atoms with Crippen molar-refractivity contribution in [3.63, 3.8) is 0 Å². The summed E-state index contributed by atoms with van der Waals surface area (Å²) in [6, 6.07) is 14.4. The average Bonchev–Trinajstić information content (AvgIpc) is 2.79. The molecular weight excluding hydrogens is 430 g/mol. The molecule has 1 aliphatic rings. The molecule has 2 aromatic rings. The molecule has 1 atom stereocenters. The Balaban J connectivity index is 1.46. The molecule has 1 amide bonds. The number of hydrogen-bond acceptors (Lipinski definition) is 6. The zero-order chi connectivity index (χ0) is 23.1. The van der Waals surface area contributed by atoms with Crippen LogP contribution in [0.3, 0.4) is 0 Å². The number of piperazine rings is 1. The Hall–Kier alpha value is -2.75. The molecule has 1 aliphatic heterocycles. The van der Waals surface area contributed by atoms with Crippen LogP contribution in [0.1, 0.15) is 24.2 Å². The van der Waals surface area contributed by atoms with E-state index in [0.717, 1.165) is 12.3 Å². The highest BCUT2D eigenvalue weighted by molar-refractivity contribution is 7.89. The maximum atomic E-state index is 12.8. The Morgan fingerprint density at radius 1 is 1.00 bits per heavy atom. The van der Waals surface area contributed by atoms with Crippen LogP contribution in [0.5, 0.6) is 5.75 Å². The summed E-state index contributed by atoms with van der Waals surface area (Å²) >= 11 is 0. The van der Waals surface area contributed by atoms with E-state index in [0.29, 0.717) is 38.3 Å². The Morgan fingerprint density at radius 2 is 1.62 bits per heavy atom. The van der Waals surface area contributed by atoms with E-state index in [4.69, 9.17) is 4.74 Å². The van der Waals surface area contributed by atoms with Gasteiger partial charge in [0.05, 0.1) is 10.9 Å². The number of Topliss-reactive ketones (excluding diaryl/α,β-unsaturated/α-hetero) is 1. The number of nitrogens with one attached hydrogen (secondary N) is 1. The molecule has 1 fully saturated rings. The predicted octanol–water partition coefficient (Wildman–Crippen LogP) is 1.78. The summed E-state index contributed by atoms with van der Waals surface area (Å²) in [5.74, 6) is 0.434. The molecule has 0 unspecified atom stereocenters. The third kappa shape index (κ3) is 6.38. The quantitative estimate of drug-likeness (QED) is 0.575. The lowest BCUT2D eigenvalue weighted by Gasteiger charge is -2.35. The highest BCUT2D eigenvalue weighted by Gasteiger charge is 2.28. The van der Waals surface area contributed by atoms with Gasteiger partial charge in [-0.05, 0) is 38.1 Å². The second-order valence-corrected chi connectivity index (χ2v) is 9.47. The number of ketones is 1. The fourth-order valence-electron chi connectivity index (χ4n) is 3.50. The molecule has 0 aromatic heterocycles. The Kier molecular flexibility index (Phi) is 8.00. The van der Waals surface area contributed by atoms with Crippen molar-refractivity contribution in [2.24, 2.45) is 0 Å². The first-order valence-corrected chi connectivity index (χ1v) is 12.1. The second-order valence-electron chi connectivity index (χ2n) is 7.75. The number of carbonyl (C=O) groups excluding carboxylic acids is 2. The van der Waals surface area contributed by atoms with E-state index in [-0.39, 0.29) is 16.6 Å². The van der Waals surface area contributed by atoms with Gasteiger partial charge in [-0.25, -0.2) is 8.42 Å². The molecule has 2 aromatic carbocycles. The van der Waals surface area contributed by atoms with Crippen LogP contribution in [0.15, 0.2) is 59.5 Å². The summed E-state index contributed by atoms with van der Waals surface area (Å²) in [6.07, 6.45) is 0. The van der Waals surface area contributed by atoms with Gasteiger partial charge in [-0.15, -0.1) is 0 Å². The Bertz CT molecular complexity index is 1020. The molecule has 0 bridgehead atoms. The fourth-order valence-corrected chi connectivity index (χ4v) is 4.69. The minimum atomic E-state index is -3.87. The van der Waals surface area contributed by atoms with Gasteiger partial charge in [-0.2, -0.15) is 4.72 Å². The first-order valence-electron chi connectivity index (χ1n) is 10.6. The maximum Gasteiger partial charge on any atom is 0.241 e. The van der Waals surface area contributed by atoms with Crippen molar-refractivity contribution in [3.8, 4) is 5.75 Å². The van der Waals surface area contributed by atoms with Crippen LogP contribution in [0.4, 0.5) is 0 Å². The molecule has 0 saturated carbocycles. The molecule has 1 saturated heterocycles. The normalized spacial score (nSPS) is 15.9. The predicted molar refractivity (Wildman–Crippen MR) is 121 cm³/mol. The van der Waals surface area contributed by atoms with Gasteiger partial charge in [0.15, 0.2) is 5.78 Å². The van der Waals surface area contributed by atoms with Gasteiger partial charge in [0.25, 0.3) is 0 Å². The number of ether oxygens (including phenoxy) is 1. The third-order valence-electron chi connectivity index (χ3n) is 5.38. The van der Waals surface area contributed by atoms with Crippen molar-refractivity contribution in [2.45, 2.75) is 24.8 Å². The van der Waals surface area contributed by atoms with Crippen molar-refractivity contribution >= 4 is 21.7 Å².